The van der Waals surface area contributed by atoms with Crippen LogP contribution in [0.3, 0.4) is 0 Å². The number of para-hydroxylation sites is 2. The molecule has 0 aliphatic heterocycles. The molecule has 1 amide bonds. The normalized spacial score (nSPS) is 11.0. The topological polar surface area (TPSA) is 54.0 Å². The zero-order chi connectivity index (χ0) is 18.6. The highest BCUT2D eigenvalue weighted by Crippen LogP contribution is 2.29. The summed E-state index contributed by atoms with van der Waals surface area (Å²) in [5.41, 5.74) is 4.09. The van der Waals surface area contributed by atoms with Crippen molar-refractivity contribution in [1.29, 1.82) is 0 Å². The zero-order valence-electron chi connectivity index (χ0n) is 15.3. The van der Waals surface area contributed by atoms with Gasteiger partial charge in [0.05, 0.1) is 17.4 Å². The van der Waals surface area contributed by atoms with E-state index in [1.54, 1.807) is 18.5 Å². The molecule has 2 aromatic carbocycles. The smallest absolute Gasteiger partial charge is 0.257 e. The zero-order valence-corrected chi connectivity index (χ0v) is 15.3. The van der Waals surface area contributed by atoms with Gasteiger partial charge in [-0.05, 0) is 35.2 Å². The Kier molecular flexibility index (Phi) is 5.03. The fourth-order valence-electron chi connectivity index (χ4n) is 2.76. The third-order valence-electron chi connectivity index (χ3n) is 4.05. The van der Waals surface area contributed by atoms with E-state index in [1.807, 2.05) is 54.6 Å². The summed E-state index contributed by atoms with van der Waals surface area (Å²) >= 11 is 0. The van der Waals surface area contributed by atoms with Gasteiger partial charge in [-0.3, -0.25) is 9.78 Å². The number of hydrogen-bond donors (Lipinski definition) is 2. The van der Waals surface area contributed by atoms with Crippen molar-refractivity contribution in [3.8, 4) is 0 Å². The molecule has 4 heteroatoms. The lowest BCUT2D eigenvalue weighted by Crippen LogP contribution is -2.18. The minimum absolute atomic E-state index is 0.0567. The highest BCUT2D eigenvalue weighted by Gasteiger charge is 2.19. The predicted molar refractivity (Wildman–Crippen MR) is 107 cm³/mol. The summed E-state index contributed by atoms with van der Waals surface area (Å²) in [7, 11) is 0. The van der Waals surface area contributed by atoms with E-state index in [2.05, 4.69) is 36.4 Å². The van der Waals surface area contributed by atoms with E-state index in [0.29, 0.717) is 5.56 Å². The first-order valence-electron chi connectivity index (χ1n) is 8.61. The van der Waals surface area contributed by atoms with Crippen LogP contribution in [0.25, 0.3) is 0 Å². The Labute approximate surface area is 154 Å². The van der Waals surface area contributed by atoms with Crippen LogP contribution in [-0.2, 0) is 5.41 Å². The molecular formula is C22H23N3O. The minimum atomic E-state index is -0.175. The highest BCUT2D eigenvalue weighted by molar-refractivity contribution is 6.05. The number of nitrogens with one attached hydrogen (secondary N) is 2. The van der Waals surface area contributed by atoms with E-state index in [0.717, 1.165) is 22.6 Å². The van der Waals surface area contributed by atoms with Crippen molar-refractivity contribution in [2.24, 2.45) is 0 Å². The minimum Gasteiger partial charge on any atom is -0.354 e. The first kappa shape index (κ1) is 17.7. The van der Waals surface area contributed by atoms with Gasteiger partial charge in [0.15, 0.2) is 0 Å². The molecule has 0 aliphatic rings. The maximum absolute atomic E-state index is 12.7. The SMILES string of the molecule is CC(C)(C)c1ccccc1NC(=O)c1cncc(Nc2ccccc2)c1. The molecule has 0 radical (unpaired) electrons. The van der Waals surface area contributed by atoms with Crippen LogP contribution < -0.4 is 10.6 Å². The first-order valence-corrected chi connectivity index (χ1v) is 8.61. The first-order chi connectivity index (χ1) is 12.4. The molecule has 0 aliphatic carbocycles. The van der Waals surface area contributed by atoms with E-state index in [4.69, 9.17) is 0 Å². The molecule has 1 heterocycles. The van der Waals surface area contributed by atoms with E-state index < -0.39 is 0 Å². The molecule has 2 N–H and O–H groups in total. The molecule has 4 nitrogen and oxygen atoms in total. The lowest BCUT2D eigenvalue weighted by atomic mass is 9.86. The Balaban J connectivity index is 1.80. The second kappa shape index (κ2) is 7.40. The number of aromatic nitrogens is 1. The van der Waals surface area contributed by atoms with Crippen LogP contribution in [-0.4, -0.2) is 10.9 Å². The number of anilines is 3. The third kappa shape index (κ3) is 4.28. The van der Waals surface area contributed by atoms with Crippen LogP contribution in [0.5, 0.6) is 0 Å². The van der Waals surface area contributed by atoms with Gasteiger partial charge in [-0.2, -0.15) is 0 Å². The highest BCUT2D eigenvalue weighted by atomic mass is 16.1. The van der Waals surface area contributed by atoms with Crippen LogP contribution in [0.1, 0.15) is 36.7 Å². The number of rotatable bonds is 4. The second-order valence-electron chi connectivity index (χ2n) is 7.20. The molecule has 0 spiro atoms. The lowest BCUT2D eigenvalue weighted by Gasteiger charge is -2.23. The maximum Gasteiger partial charge on any atom is 0.257 e. The van der Waals surface area contributed by atoms with Crippen molar-refractivity contribution in [2.45, 2.75) is 26.2 Å². The lowest BCUT2D eigenvalue weighted by molar-refractivity contribution is 0.102. The van der Waals surface area contributed by atoms with E-state index in [1.165, 1.54) is 0 Å². The van der Waals surface area contributed by atoms with Crippen LogP contribution in [0.2, 0.25) is 0 Å². The average molecular weight is 345 g/mol. The Bertz CT molecular complexity index is 899. The maximum atomic E-state index is 12.7. The standard InChI is InChI=1S/C22H23N3O/c1-22(2,3)19-11-7-8-12-20(19)25-21(26)16-13-18(15-23-14-16)24-17-9-5-4-6-10-17/h4-15,24H,1-3H3,(H,25,26). The quantitative estimate of drug-likeness (QED) is 0.668. The molecular weight excluding hydrogens is 322 g/mol. The largest absolute Gasteiger partial charge is 0.354 e. The summed E-state index contributed by atoms with van der Waals surface area (Å²) in [6.07, 6.45) is 3.28. The number of carbonyl (C=O) groups is 1. The van der Waals surface area contributed by atoms with Crippen molar-refractivity contribution < 1.29 is 4.79 Å². The Morgan fingerprint density at radius 3 is 2.31 bits per heavy atom. The van der Waals surface area contributed by atoms with Crippen molar-refractivity contribution in [3.05, 3.63) is 84.2 Å². The molecule has 0 fully saturated rings. The number of benzene rings is 2. The predicted octanol–water partition coefficient (Wildman–Crippen LogP) is 5.38. The van der Waals surface area contributed by atoms with Gasteiger partial charge in [-0.15, -0.1) is 0 Å². The number of pyridine rings is 1. The van der Waals surface area contributed by atoms with Gasteiger partial charge in [0, 0.05) is 17.6 Å². The van der Waals surface area contributed by atoms with Crippen LogP contribution >= 0.6 is 0 Å². The van der Waals surface area contributed by atoms with Crippen molar-refractivity contribution in [2.75, 3.05) is 10.6 Å². The number of hydrogen-bond acceptors (Lipinski definition) is 3. The average Bonchev–Trinajstić information content (AvgIpc) is 2.62. The van der Waals surface area contributed by atoms with Gasteiger partial charge in [-0.25, -0.2) is 0 Å². The van der Waals surface area contributed by atoms with E-state index in [-0.39, 0.29) is 11.3 Å². The summed E-state index contributed by atoms with van der Waals surface area (Å²) in [5.74, 6) is -0.175. The van der Waals surface area contributed by atoms with E-state index >= 15 is 0 Å². The van der Waals surface area contributed by atoms with Gasteiger partial charge >= 0.3 is 0 Å². The summed E-state index contributed by atoms with van der Waals surface area (Å²) in [5, 5.41) is 6.27. The molecule has 0 bridgehead atoms. The summed E-state index contributed by atoms with van der Waals surface area (Å²) < 4.78 is 0. The van der Waals surface area contributed by atoms with Crippen LogP contribution in [0.4, 0.5) is 17.1 Å². The van der Waals surface area contributed by atoms with Gasteiger partial charge < -0.3 is 10.6 Å². The molecule has 132 valence electrons. The summed E-state index contributed by atoms with van der Waals surface area (Å²) in [6, 6.07) is 19.5. The van der Waals surface area contributed by atoms with Crippen molar-refractivity contribution in [1.82, 2.24) is 4.98 Å². The number of carbonyl (C=O) groups excluding carboxylic acids is 1. The Hall–Kier alpha value is -3.14. The van der Waals surface area contributed by atoms with Crippen molar-refractivity contribution in [3.63, 3.8) is 0 Å². The van der Waals surface area contributed by atoms with Gasteiger partial charge in [0.2, 0.25) is 0 Å². The molecule has 3 aromatic rings. The second-order valence-corrected chi connectivity index (χ2v) is 7.20. The Morgan fingerprint density at radius 2 is 1.58 bits per heavy atom. The molecule has 3 rings (SSSR count). The molecule has 0 atom stereocenters. The number of nitrogens with zero attached hydrogens (tertiary/aromatic N) is 1. The monoisotopic (exact) mass is 345 g/mol. The third-order valence-corrected chi connectivity index (χ3v) is 4.05. The van der Waals surface area contributed by atoms with Gasteiger partial charge in [0.25, 0.3) is 5.91 Å². The van der Waals surface area contributed by atoms with E-state index in [9.17, 15) is 4.79 Å². The van der Waals surface area contributed by atoms with Crippen LogP contribution in [0.15, 0.2) is 73.1 Å². The Morgan fingerprint density at radius 1 is 0.885 bits per heavy atom. The molecule has 0 saturated carbocycles. The molecule has 0 unspecified atom stereocenters. The molecule has 1 aromatic heterocycles. The van der Waals surface area contributed by atoms with Crippen LogP contribution in [0, 0.1) is 0 Å². The fourth-order valence-corrected chi connectivity index (χ4v) is 2.76. The summed E-state index contributed by atoms with van der Waals surface area (Å²) in [4.78, 5) is 16.9. The number of amides is 1. The molecule has 26 heavy (non-hydrogen) atoms. The summed E-state index contributed by atoms with van der Waals surface area (Å²) in [6.45, 7) is 6.39. The molecule has 0 saturated heterocycles. The van der Waals surface area contributed by atoms with Gasteiger partial charge in [0.1, 0.15) is 0 Å². The fraction of sp³-hybridized carbons (Fsp3) is 0.182. The van der Waals surface area contributed by atoms with Crippen molar-refractivity contribution >= 4 is 23.0 Å². The van der Waals surface area contributed by atoms with Gasteiger partial charge in [-0.1, -0.05) is 57.2 Å².